The highest BCUT2D eigenvalue weighted by molar-refractivity contribution is 5.76. The van der Waals surface area contributed by atoms with Gasteiger partial charge in [0.2, 0.25) is 5.91 Å². The molecule has 3 atom stereocenters. The Balaban J connectivity index is 2.04. The minimum atomic E-state index is -0.548. The molecule has 1 amide bonds. The van der Waals surface area contributed by atoms with E-state index in [0.717, 1.165) is 6.42 Å². The number of unbranched alkanes of at least 4 members (excludes halogenated alkanes) is 1. The summed E-state index contributed by atoms with van der Waals surface area (Å²) in [6.45, 7) is 2.05. The molecule has 1 rings (SSSR count). The average Bonchev–Trinajstić information content (AvgIpc) is 2.47. The summed E-state index contributed by atoms with van der Waals surface area (Å²) < 4.78 is 10.9. The normalized spacial score (nSPS) is 25.0. The Morgan fingerprint density at radius 2 is 2.00 bits per heavy atom. The molecule has 0 radical (unpaired) electrons. The number of hydrogen-bond acceptors (Lipinski definition) is 6. The van der Waals surface area contributed by atoms with Gasteiger partial charge < -0.3 is 29.8 Å². The second-order valence-electron chi connectivity index (χ2n) is 5.63. The molecule has 0 aromatic heterocycles. The molecule has 0 aromatic rings. The van der Waals surface area contributed by atoms with Crippen molar-refractivity contribution in [3.05, 3.63) is 0 Å². The topological polar surface area (TPSA) is 105 Å². The SMILES string of the molecule is CC(=O)CCCCC(=O)NCCOC1CC(O)CC(CO)O1. The van der Waals surface area contributed by atoms with E-state index in [4.69, 9.17) is 14.6 Å². The first-order valence-corrected chi connectivity index (χ1v) is 7.83. The van der Waals surface area contributed by atoms with Gasteiger partial charge in [0.1, 0.15) is 5.78 Å². The van der Waals surface area contributed by atoms with Gasteiger partial charge in [-0.2, -0.15) is 0 Å². The number of hydrogen-bond donors (Lipinski definition) is 3. The van der Waals surface area contributed by atoms with Gasteiger partial charge in [0.25, 0.3) is 0 Å². The van der Waals surface area contributed by atoms with Crippen molar-refractivity contribution in [3.63, 3.8) is 0 Å². The van der Waals surface area contributed by atoms with Crippen LogP contribution in [0.5, 0.6) is 0 Å². The molecule has 128 valence electrons. The maximum absolute atomic E-state index is 11.5. The number of Topliss-reactive ketones (excluding diaryl/α,β-unsaturated/α-hetero) is 1. The molecular weight excluding hydrogens is 290 g/mol. The van der Waals surface area contributed by atoms with Gasteiger partial charge >= 0.3 is 0 Å². The molecule has 0 saturated carbocycles. The van der Waals surface area contributed by atoms with Crippen LogP contribution < -0.4 is 5.32 Å². The minimum Gasteiger partial charge on any atom is -0.394 e. The number of nitrogens with one attached hydrogen (secondary N) is 1. The molecule has 0 spiro atoms. The quantitative estimate of drug-likeness (QED) is 0.495. The van der Waals surface area contributed by atoms with Crippen LogP contribution in [0, 0.1) is 0 Å². The maximum Gasteiger partial charge on any atom is 0.220 e. The number of rotatable bonds is 10. The monoisotopic (exact) mass is 317 g/mol. The molecule has 0 aliphatic carbocycles. The van der Waals surface area contributed by atoms with Crippen LogP contribution in [0.4, 0.5) is 0 Å². The van der Waals surface area contributed by atoms with E-state index in [2.05, 4.69) is 5.32 Å². The molecule has 7 heteroatoms. The zero-order chi connectivity index (χ0) is 16.4. The van der Waals surface area contributed by atoms with Crippen molar-refractivity contribution in [2.24, 2.45) is 0 Å². The Hall–Kier alpha value is -1.02. The molecular formula is C15H27NO6. The van der Waals surface area contributed by atoms with E-state index in [-0.39, 0.29) is 24.9 Å². The Kier molecular flexibility index (Phi) is 9.22. The Bertz CT molecular complexity index is 349. The van der Waals surface area contributed by atoms with Crippen molar-refractivity contribution in [3.8, 4) is 0 Å². The van der Waals surface area contributed by atoms with Crippen LogP contribution in [0.3, 0.4) is 0 Å². The van der Waals surface area contributed by atoms with Crippen molar-refractivity contribution < 1.29 is 29.3 Å². The van der Waals surface area contributed by atoms with Crippen molar-refractivity contribution in [1.29, 1.82) is 0 Å². The summed E-state index contributed by atoms with van der Waals surface area (Å²) in [5, 5.41) is 21.4. The number of ether oxygens (including phenoxy) is 2. The van der Waals surface area contributed by atoms with Crippen LogP contribution in [0.25, 0.3) is 0 Å². The van der Waals surface area contributed by atoms with Gasteiger partial charge in [-0.3, -0.25) is 4.79 Å². The first kappa shape index (κ1) is 19.0. The zero-order valence-corrected chi connectivity index (χ0v) is 13.1. The third kappa shape index (κ3) is 8.43. The van der Waals surface area contributed by atoms with Gasteiger partial charge in [0.15, 0.2) is 6.29 Å². The second kappa shape index (κ2) is 10.7. The Labute approximate surface area is 131 Å². The van der Waals surface area contributed by atoms with E-state index in [0.29, 0.717) is 38.6 Å². The molecule has 1 heterocycles. The summed E-state index contributed by atoms with van der Waals surface area (Å²) in [4.78, 5) is 22.3. The third-order valence-corrected chi connectivity index (χ3v) is 3.46. The third-order valence-electron chi connectivity index (χ3n) is 3.46. The standard InChI is InChI=1S/C15H27NO6/c1-11(18)4-2-3-5-14(20)16-6-7-21-15-9-12(19)8-13(10-17)22-15/h12-13,15,17,19H,2-10H2,1H3,(H,16,20). The zero-order valence-electron chi connectivity index (χ0n) is 13.1. The summed E-state index contributed by atoms with van der Waals surface area (Å²) in [7, 11) is 0. The number of aliphatic hydroxyl groups is 2. The lowest BCUT2D eigenvalue weighted by Gasteiger charge is -2.32. The van der Waals surface area contributed by atoms with Crippen LogP contribution in [0.15, 0.2) is 0 Å². The predicted octanol–water partition coefficient (Wildman–Crippen LogP) is 0.127. The highest BCUT2D eigenvalue weighted by atomic mass is 16.7. The summed E-state index contributed by atoms with van der Waals surface area (Å²) in [5.74, 6) is 0.0784. The maximum atomic E-state index is 11.5. The van der Waals surface area contributed by atoms with Crippen molar-refractivity contribution in [1.82, 2.24) is 5.32 Å². The fraction of sp³-hybridized carbons (Fsp3) is 0.867. The van der Waals surface area contributed by atoms with Crippen LogP contribution >= 0.6 is 0 Å². The Morgan fingerprint density at radius 1 is 1.27 bits per heavy atom. The first-order chi connectivity index (χ1) is 10.5. The molecule has 1 saturated heterocycles. The predicted molar refractivity (Wildman–Crippen MR) is 79.1 cm³/mol. The van der Waals surface area contributed by atoms with Crippen LogP contribution in [0.2, 0.25) is 0 Å². The van der Waals surface area contributed by atoms with Gasteiger partial charge in [0, 0.05) is 32.2 Å². The Morgan fingerprint density at radius 3 is 2.68 bits per heavy atom. The first-order valence-electron chi connectivity index (χ1n) is 7.83. The van der Waals surface area contributed by atoms with Crippen molar-refractivity contribution >= 4 is 11.7 Å². The van der Waals surface area contributed by atoms with E-state index >= 15 is 0 Å². The lowest BCUT2D eigenvalue weighted by molar-refractivity contribution is -0.220. The van der Waals surface area contributed by atoms with E-state index in [1.807, 2.05) is 0 Å². The van der Waals surface area contributed by atoms with E-state index < -0.39 is 18.5 Å². The van der Waals surface area contributed by atoms with Gasteiger partial charge in [0.05, 0.1) is 25.4 Å². The average molecular weight is 317 g/mol. The second-order valence-corrected chi connectivity index (χ2v) is 5.63. The fourth-order valence-electron chi connectivity index (χ4n) is 2.30. The van der Waals surface area contributed by atoms with Gasteiger partial charge in [-0.1, -0.05) is 0 Å². The number of ketones is 1. The molecule has 1 fully saturated rings. The summed E-state index contributed by atoms with van der Waals surface area (Å²) in [5.41, 5.74) is 0. The molecule has 1 aliphatic heterocycles. The summed E-state index contributed by atoms with van der Waals surface area (Å²) in [6, 6.07) is 0. The molecule has 22 heavy (non-hydrogen) atoms. The summed E-state index contributed by atoms with van der Waals surface area (Å²) in [6.07, 6.45) is 1.65. The van der Waals surface area contributed by atoms with E-state index in [9.17, 15) is 14.7 Å². The molecule has 3 N–H and O–H groups in total. The van der Waals surface area contributed by atoms with Crippen LogP contribution in [0.1, 0.15) is 45.4 Å². The van der Waals surface area contributed by atoms with Gasteiger partial charge in [-0.25, -0.2) is 0 Å². The summed E-state index contributed by atoms with van der Waals surface area (Å²) >= 11 is 0. The van der Waals surface area contributed by atoms with Crippen molar-refractivity contribution in [2.45, 2.75) is 63.9 Å². The molecule has 0 aromatic carbocycles. The molecule has 3 unspecified atom stereocenters. The minimum absolute atomic E-state index is 0.0648. The largest absolute Gasteiger partial charge is 0.394 e. The van der Waals surface area contributed by atoms with Crippen molar-refractivity contribution in [2.75, 3.05) is 19.8 Å². The fourth-order valence-corrected chi connectivity index (χ4v) is 2.30. The number of amides is 1. The van der Waals surface area contributed by atoms with Gasteiger partial charge in [-0.05, 0) is 19.8 Å². The molecule has 1 aliphatic rings. The highest BCUT2D eigenvalue weighted by Crippen LogP contribution is 2.20. The number of carbonyl (C=O) groups is 2. The van der Waals surface area contributed by atoms with Gasteiger partial charge in [-0.15, -0.1) is 0 Å². The highest BCUT2D eigenvalue weighted by Gasteiger charge is 2.28. The van der Waals surface area contributed by atoms with Crippen LogP contribution in [-0.4, -0.2) is 60.2 Å². The molecule has 0 bridgehead atoms. The number of aliphatic hydroxyl groups excluding tert-OH is 2. The smallest absolute Gasteiger partial charge is 0.220 e. The number of carbonyl (C=O) groups excluding carboxylic acids is 2. The van der Waals surface area contributed by atoms with E-state index in [1.54, 1.807) is 6.92 Å². The molecule has 7 nitrogen and oxygen atoms in total. The lowest BCUT2D eigenvalue weighted by atomic mass is 10.1. The lowest BCUT2D eigenvalue weighted by Crippen LogP contribution is -2.40. The van der Waals surface area contributed by atoms with E-state index in [1.165, 1.54) is 0 Å². The van der Waals surface area contributed by atoms with Crippen LogP contribution in [-0.2, 0) is 19.1 Å².